The number of nitrogens with zero attached hydrogens (tertiary/aromatic N) is 2. The Morgan fingerprint density at radius 3 is 2.31 bits per heavy atom. The Bertz CT molecular complexity index is 209. The molecule has 0 aliphatic carbocycles. The minimum Gasteiger partial charge on any atom is -0.298 e. The fourth-order valence-electron chi connectivity index (χ4n) is 2.77. The first-order chi connectivity index (χ1) is 7.75. The maximum atomic E-state index is 8.44. The predicted molar refractivity (Wildman–Crippen MR) is 68.2 cm³/mol. The van der Waals surface area contributed by atoms with Crippen molar-refractivity contribution < 1.29 is 0 Å². The molecule has 92 valence electrons. The number of rotatable bonds is 6. The van der Waals surface area contributed by atoms with Crippen LogP contribution in [-0.4, -0.2) is 23.5 Å². The maximum absolute atomic E-state index is 8.44. The summed E-state index contributed by atoms with van der Waals surface area (Å²) >= 11 is 0. The third kappa shape index (κ3) is 4.53. The zero-order valence-electron chi connectivity index (χ0n) is 10.9. The lowest BCUT2D eigenvalue weighted by molar-refractivity contribution is 0.101. The van der Waals surface area contributed by atoms with Crippen LogP contribution in [0.5, 0.6) is 0 Å². The fourth-order valence-corrected chi connectivity index (χ4v) is 2.77. The number of likely N-dealkylation sites (tertiary alicyclic amines) is 1. The van der Waals surface area contributed by atoms with Gasteiger partial charge in [0.15, 0.2) is 0 Å². The van der Waals surface area contributed by atoms with Crippen LogP contribution in [0.4, 0.5) is 0 Å². The second-order valence-electron chi connectivity index (χ2n) is 5.19. The van der Waals surface area contributed by atoms with Gasteiger partial charge in [0.25, 0.3) is 0 Å². The summed E-state index contributed by atoms with van der Waals surface area (Å²) in [4.78, 5) is 2.67. The van der Waals surface area contributed by atoms with E-state index in [4.69, 9.17) is 5.26 Å². The average Bonchev–Trinajstić information content (AvgIpc) is 2.26. The second-order valence-corrected chi connectivity index (χ2v) is 5.19. The highest BCUT2D eigenvalue weighted by Gasteiger charge is 2.23. The standard InChI is InChI=1S/C14H26N2/c1-13-9-8-10-14(2)16(13)12-7-5-3-4-6-11-15/h13-14H,3-10,12H2,1-2H3. The maximum Gasteiger partial charge on any atom is 0.0621 e. The Morgan fingerprint density at radius 1 is 1.06 bits per heavy atom. The molecule has 0 radical (unpaired) electrons. The predicted octanol–water partition coefficient (Wildman–Crippen LogP) is 3.72. The first-order valence-electron chi connectivity index (χ1n) is 6.88. The van der Waals surface area contributed by atoms with Crippen molar-refractivity contribution in [2.45, 2.75) is 77.3 Å². The zero-order chi connectivity index (χ0) is 11.8. The van der Waals surface area contributed by atoms with E-state index in [1.807, 2.05) is 0 Å². The van der Waals surface area contributed by atoms with Gasteiger partial charge in [-0.1, -0.05) is 19.3 Å². The monoisotopic (exact) mass is 222 g/mol. The molecule has 1 aliphatic rings. The van der Waals surface area contributed by atoms with Crippen LogP contribution in [0.25, 0.3) is 0 Å². The van der Waals surface area contributed by atoms with Crippen LogP contribution in [-0.2, 0) is 0 Å². The first kappa shape index (κ1) is 13.5. The van der Waals surface area contributed by atoms with E-state index in [0.717, 1.165) is 24.9 Å². The van der Waals surface area contributed by atoms with Crippen LogP contribution in [0.15, 0.2) is 0 Å². The van der Waals surface area contributed by atoms with Crippen LogP contribution in [0.1, 0.15) is 65.2 Å². The Morgan fingerprint density at radius 2 is 1.69 bits per heavy atom. The highest BCUT2D eigenvalue weighted by atomic mass is 15.2. The third-order valence-corrected chi connectivity index (χ3v) is 3.83. The molecule has 1 aliphatic heterocycles. The minimum absolute atomic E-state index is 0.733. The van der Waals surface area contributed by atoms with Crippen molar-refractivity contribution >= 4 is 0 Å². The summed E-state index contributed by atoms with van der Waals surface area (Å²) in [5.41, 5.74) is 0. The average molecular weight is 222 g/mol. The van der Waals surface area contributed by atoms with Gasteiger partial charge in [0.2, 0.25) is 0 Å². The Hall–Kier alpha value is -0.550. The summed E-state index contributed by atoms with van der Waals surface area (Å²) in [6, 6.07) is 3.77. The van der Waals surface area contributed by atoms with Gasteiger partial charge in [-0.15, -0.1) is 0 Å². The molecule has 2 nitrogen and oxygen atoms in total. The normalized spacial score (nSPS) is 26.6. The van der Waals surface area contributed by atoms with Crippen molar-refractivity contribution in [3.8, 4) is 6.07 Å². The SMILES string of the molecule is CC1CCCC(C)N1CCCCCCC#N. The van der Waals surface area contributed by atoms with Crippen LogP contribution in [0.2, 0.25) is 0 Å². The Labute approximate surface area is 101 Å². The zero-order valence-corrected chi connectivity index (χ0v) is 10.9. The molecule has 1 rings (SSSR count). The van der Waals surface area contributed by atoms with Gasteiger partial charge in [-0.3, -0.25) is 4.90 Å². The minimum atomic E-state index is 0.733. The third-order valence-electron chi connectivity index (χ3n) is 3.83. The highest BCUT2D eigenvalue weighted by molar-refractivity contribution is 4.79. The fraction of sp³-hybridized carbons (Fsp3) is 0.929. The molecule has 0 spiro atoms. The van der Waals surface area contributed by atoms with E-state index in [2.05, 4.69) is 24.8 Å². The second kappa shape index (κ2) is 7.68. The summed E-state index contributed by atoms with van der Waals surface area (Å²) in [6.07, 6.45) is 9.79. The van der Waals surface area contributed by atoms with Crippen molar-refractivity contribution in [2.75, 3.05) is 6.54 Å². The van der Waals surface area contributed by atoms with E-state index < -0.39 is 0 Å². The molecule has 0 bridgehead atoms. The lowest BCUT2D eigenvalue weighted by Gasteiger charge is -2.39. The van der Waals surface area contributed by atoms with E-state index >= 15 is 0 Å². The van der Waals surface area contributed by atoms with Gasteiger partial charge in [-0.05, 0) is 46.1 Å². The molecular formula is C14H26N2. The van der Waals surface area contributed by atoms with Crippen LogP contribution < -0.4 is 0 Å². The number of piperidine rings is 1. The molecule has 0 N–H and O–H groups in total. The van der Waals surface area contributed by atoms with Gasteiger partial charge < -0.3 is 0 Å². The summed E-state index contributed by atoms with van der Waals surface area (Å²) in [7, 11) is 0. The first-order valence-corrected chi connectivity index (χ1v) is 6.88. The van der Waals surface area contributed by atoms with Crippen LogP contribution >= 0.6 is 0 Å². The number of hydrogen-bond donors (Lipinski definition) is 0. The van der Waals surface area contributed by atoms with E-state index in [9.17, 15) is 0 Å². The van der Waals surface area contributed by atoms with Gasteiger partial charge >= 0.3 is 0 Å². The Kier molecular flexibility index (Phi) is 6.49. The molecule has 0 saturated carbocycles. The molecule has 1 saturated heterocycles. The molecule has 0 amide bonds. The lowest BCUT2D eigenvalue weighted by Crippen LogP contribution is -2.44. The molecule has 2 heteroatoms. The molecule has 2 atom stereocenters. The summed E-state index contributed by atoms with van der Waals surface area (Å²) < 4.78 is 0. The molecule has 0 aromatic heterocycles. The van der Waals surface area contributed by atoms with Crippen LogP contribution in [0, 0.1) is 11.3 Å². The van der Waals surface area contributed by atoms with Gasteiger partial charge in [-0.25, -0.2) is 0 Å². The van der Waals surface area contributed by atoms with Gasteiger partial charge in [-0.2, -0.15) is 5.26 Å². The molecule has 16 heavy (non-hydrogen) atoms. The van der Waals surface area contributed by atoms with Gasteiger partial charge in [0, 0.05) is 18.5 Å². The van der Waals surface area contributed by atoms with E-state index in [0.29, 0.717) is 0 Å². The van der Waals surface area contributed by atoms with Crippen molar-refractivity contribution in [2.24, 2.45) is 0 Å². The highest BCUT2D eigenvalue weighted by Crippen LogP contribution is 2.22. The Balaban J connectivity index is 2.09. The topological polar surface area (TPSA) is 27.0 Å². The van der Waals surface area contributed by atoms with Crippen molar-refractivity contribution in [3.63, 3.8) is 0 Å². The van der Waals surface area contributed by atoms with Crippen LogP contribution in [0.3, 0.4) is 0 Å². The quantitative estimate of drug-likeness (QED) is 0.640. The molecule has 0 aromatic carbocycles. The largest absolute Gasteiger partial charge is 0.298 e. The van der Waals surface area contributed by atoms with Crippen molar-refractivity contribution in [3.05, 3.63) is 0 Å². The van der Waals surface area contributed by atoms with Crippen molar-refractivity contribution in [1.29, 1.82) is 5.26 Å². The van der Waals surface area contributed by atoms with E-state index in [-0.39, 0.29) is 0 Å². The van der Waals surface area contributed by atoms with Crippen molar-refractivity contribution in [1.82, 2.24) is 4.90 Å². The van der Waals surface area contributed by atoms with E-state index in [1.54, 1.807) is 0 Å². The van der Waals surface area contributed by atoms with E-state index in [1.165, 1.54) is 45.1 Å². The van der Waals surface area contributed by atoms with Gasteiger partial charge in [0.1, 0.15) is 0 Å². The molecule has 0 aromatic rings. The summed E-state index contributed by atoms with van der Waals surface area (Å²) in [5.74, 6) is 0. The number of hydrogen-bond acceptors (Lipinski definition) is 2. The summed E-state index contributed by atoms with van der Waals surface area (Å²) in [6.45, 7) is 5.99. The molecule has 1 heterocycles. The number of nitriles is 1. The lowest BCUT2D eigenvalue weighted by atomic mass is 9.97. The molecule has 2 unspecified atom stereocenters. The molecule has 1 fully saturated rings. The van der Waals surface area contributed by atoms with Gasteiger partial charge in [0.05, 0.1) is 6.07 Å². The summed E-state index contributed by atoms with van der Waals surface area (Å²) in [5, 5.41) is 8.44. The molecular weight excluding hydrogens is 196 g/mol. The smallest absolute Gasteiger partial charge is 0.0621 e. The number of unbranched alkanes of at least 4 members (excludes halogenated alkanes) is 4.